The Labute approximate surface area is 180 Å². The highest BCUT2D eigenvalue weighted by Gasteiger charge is 2.27. The summed E-state index contributed by atoms with van der Waals surface area (Å²) in [5.41, 5.74) is 2.79. The van der Waals surface area contributed by atoms with Crippen LogP contribution in [-0.2, 0) is 22.7 Å². The zero-order valence-corrected chi connectivity index (χ0v) is 17.2. The number of fused-ring (bicyclic) bond motifs is 1. The van der Waals surface area contributed by atoms with E-state index in [1.165, 1.54) is 6.92 Å². The first-order valence-electron chi connectivity index (χ1n) is 9.60. The molecule has 0 spiro atoms. The Balaban J connectivity index is 1.35. The van der Waals surface area contributed by atoms with Gasteiger partial charge in [0, 0.05) is 24.1 Å². The largest absolute Gasteiger partial charge is 0.489 e. The van der Waals surface area contributed by atoms with Gasteiger partial charge in [0.2, 0.25) is 0 Å². The highest BCUT2D eigenvalue weighted by Crippen LogP contribution is 2.37. The average molecular weight is 425 g/mol. The second kappa shape index (κ2) is 9.09. The molecule has 0 aliphatic carbocycles. The van der Waals surface area contributed by atoms with Gasteiger partial charge in [-0.05, 0) is 29.8 Å². The fourth-order valence-electron chi connectivity index (χ4n) is 3.19. The quantitative estimate of drug-likeness (QED) is 0.469. The van der Waals surface area contributed by atoms with E-state index >= 15 is 0 Å². The van der Waals surface area contributed by atoms with Crippen LogP contribution in [0.25, 0.3) is 0 Å². The van der Waals surface area contributed by atoms with Crippen LogP contribution in [0, 0.1) is 0 Å². The molecule has 30 heavy (non-hydrogen) atoms. The van der Waals surface area contributed by atoms with E-state index in [1.54, 1.807) is 12.1 Å². The first kappa shape index (κ1) is 20.1. The average Bonchev–Trinajstić information content (AvgIpc) is 3.13. The van der Waals surface area contributed by atoms with E-state index in [-0.39, 0.29) is 12.1 Å². The SMILES string of the molecule is CC(=O)OC1COc2cc(OCc3ccc(OCc4ccccc4)cc3Cl)ccc21. The molecule has 3 aromatic rings. The molecule has 0 saturated heterocycles. The van der Waals surface area contributed by atoms with Crippen molar-refractivity contribution < 1.29 is 23.7 Å². The highest BCUT2D eigenvalue weighted by atomic mass is 35.5. The zero-order chi connectivity index (χ0) is 20.9. The zero-order valence-electron chi connectivity index (χ0n) is 16.5. The molecule has 0 fully saturated rings. The standard InChI is InChI=1S/C24H21ClO5/c1-16(26)30-24-15-29-23-12-20(9-10-21(23)24)28-14-18-7-8-19(11-22(18)25)27-13-17-5-3-2-4-6-17/h2-12,24H,13-15H2,1H3. The van der Waals surface area contributed by atoms with Crippen molar-refractivity contribution in [2.45, 2.75) is 26.2 Å². The molecule has 0 N–H and O–H groups in total. The summed E-state index contributed by atoms with van der Waals surface area (Å²) in [6.45, 7) is 2.49. The Morgan fingerprint density at radius 1 is 1.00 bits per heavy atom. The van der Waals surface area contributed by atoms with Crippen LogP contribution in [0.15, 0.2) is 66.7 Å². The summed E-state index contributed by atoms with van der Waals surface area (Å²) in [4.78, 5) is 11.2. The lowest BCUT2D eigenvalue weighted by Gasteiger charge is -2.12. The van der Waals surface area contributed by atoms with E-state index in [1.807, 2.05) is 54.6 Å². The van der Waals surface area contributed by atoms with Gasteiger partial charge >= 0.3 is 5.97 Å². The van der Waals surface area contributed by atoms with Crippen LogP contribution in [0.2, 0.25) is 5.02 Å². The number of halogens is 1. The molecule has 0 bridgehead atoms. The third kappa shape index (κ3) is 4.86. The molecule has 4 rings (SSSR count). The summed E-state index contributed by atoms with van der Waals surface area (Å²) in [6.07, 6.45) is -0.371. The fourth-order valence-corrected chi connectivity index (χ4v) is 3.41. The number of carbonyl (C=O) groups excluding carboxylic acids is 1. The molecule has 0 aromatic heterocycles. The molecule has 1 heterocycles. The van der Waals surface area contributed by atoms with Gasteiger partial charge < -0.3 is 18.9 Å². The van der Waals surface area contributed by atoms with Crippen LogP contribution in [0.5, 0.6) is 17.2 Å². The minimum absolute atomic E-state index is 0.309. The molecule has 1 atom stereocenters. The Kier molecular flexibility index (Phi) is 6.10. The predicted molar refractivity (Wildman–Crippen MR) is 113 cm³/mol. The van der Waals surface area contributed by atoms with Crippen LogP contribution in [0.1, 0.15) is 29.7 Å². The lowest BCUT2D eigenvalue weighted by Crippen LogP contribution is -2.09. The Bertz CT molecular complexity index is 1040. The molecule has 154 valence electrons. The molecule has 1 aliphatic rings. The van der Waals surface area contributed by atoms with E-state index in [0.29, 0.717) is 42.1 Å². The molecule has 0 radical (unpaired) electrons. The van der Waals surface area contributed by atoms with Crippen molar-refractivity contribution in [1.29, 1.82) is 0 Å². The number of esters is 1. The van der Waals surface area contributed by atoms with Crippen molar-refractivity contribution in [3.63, 3.8) is 0 Å². The van der Waals surface area contributed by atoms with Crippen LogP contribution >= 0.6 is 11.6 Å². The Hall–Kier alpha value is -3.18. The van der Waals surface area contributed by atoms with Crippen LogP contribution in [-0.4, -0.2) is 12.6 Å². The summed E-state index contributed by atoms with van der Waals surface area (Å²) >= 11 is 6.41. The minimum atomic E-state index is -0.371. The number of ether oxygens (including phenoxy) is 4. The Morgan fingerprint density at radius 3 is 2.50 bits per heavy atom. The maximum atomic E-state index is 11.2. The van der Waals surface area contributed by atoms with Gasteiger partial charge in [-0.1, -0.05) is 48.0 Å². The summed E-state index contributed by atoms with van der Waals surface area (Å²) in [7, 11) is 0. The smallest absolute Gasteiger partial charge is 0.303 e. The van der Waals surface area contributed by atoms with E-state index in [4.69, 9.17) is 30.5 Å². The van der Waals surface area contributed by atoms with Crippen molar-refractivity contribution >= 4 is 17.6 Å². The van der Waals surface area contributed by atoms with E-state index in [2.05, 4.69) is 0 Å². The van der Waals surface area contributed by atoms with Crippen molar-refractivity contribution in [2.75, 3.05) is 6.61 Å². The number of carbonyl (C=O) groups is 1. The van der Waals surface area contributed by atoms with Gasteiger partial charge in [-0.25, -0.2) is 0 Å². The number of rotatable bonds is 7. The van der Waals surface area contributed by atoms with E-state index in [9.17, 15) is 4.79 Å². The first-order chi connectivity index (χ1) is 14.6. The van der Waals surface area contributed by atoms with Gasteiger partial charge in [-0.3, -0.25) is 4.79 Å². The molecule has 0 saturated carbocycles. The van der Waals surface area contributed by atoms with Crippen molar-refractivity contribution in [3.05, 3.63) is 88.4 Å². The van der Waals surface area contributed by atoms with Gasteiger partial charge in [-0.2, -0.15) is 0 Å². The highest BCUT2D eigenvalue weighted by molar-refractivity contribution is 6.31. The van der Waals surface area contributed by atoms with Gasteiger partial charge in [0.05, 0.1) is 5.02 Å². The molecule has 1 aliphatic heterocycles. The number of benzene rings is 3. The van der Waals surface area contributed by atoms with E-state index in [0.717, 1.165) is 16.7 Å². The van der Waals surface area contributed by atoms with Gasteiger partial charge in [0.15, 0.2) is 6.10 Å². The molecular formula is C24H21ClO5. The predicted octanol–water partition coefficient (Wildman–Crippen LogP) is 5.49. The van der Waals surface area contributed by atoms with Gasteiger partial charge in [0.25, 0.3) is 0 Å². The maximum Gasteiger partial charge on any atom is 0.303 e. The normalized spacial score (nSPS) is 14.5. The van der Waals surface area contributed by atoms with Crippen LogP contribution in [0.4, 0.5) is 0 Å². The molecule has 6 heteroatoms. The van der Waals surface area contributed by atoms with Crippen molar-refractivity contribution in [3.8, 4) is 17.2 Å². The van der Waals surface area contributed by atoms with Gasteiger partial charge in [0.1, 0.15) is 37.1 Å². The summed E-state index contributed by atoms with van der Waals surface area (Å²) in [5, 5.41) is 0.577. The second-order valence-electron chi connectivity index (χ2n) is 6.92. The third-order valence-electron chi connectivity index (χ3n) is 4.70. The second-order valence-corrected chi connectivity index (χ2v) is 7.33. The number of hydrogen-bond donors (Lipinski definition) is 0. The molecule has 3 aromatic carbocycles. The molecular weight excluding hydrogens is 404 g/mol. The van der Waals surface area contributed by atoms with E-state index < -0.39 is 0 Å². The summed E-state index contributed by atoms with van der Waals surface area (Å²) in [6, 6.07) is 21.0. The monoisotopic (exact) mass is 424 g/mol. The van der Waals surface area contributed by atoms with Gasteiger partial charge in [-0.15, -0.1) is 0 Å². The topological polar surface area (TPSA) is 54.0 Å². The lowest BCUT2D eigenvalue weighted by molar-refractivity contribution is -0.147. The first-order valence-corrected chi connectivity index (χ1v) is 9.98. The van der Waals surface area contributed by atoms with Crippen LogP contribution in [0.3, 0.4) is 0 Å². The summed E-state index contributed by atoms with van der Waals surface area (Å²) < 4.78 is 22.5. The lowest BCUT2D eigenvalue weighted by atomic mass is 10.1. The van der Waals surface area contributed by atoms with Crippen molar-refractivity contribution in [2.24, 2.45) is 0 Å². The fraction of sp³-hybridized carbons (Fsp3) is 0.208. The van der Waals surface area contributed by atoms with Crippen molar-refractivity contribution in [1.82, 2.24) is 0 Å². The third-order valence-corrected chi connectivity index (χ3v) is 5.05. The molecule has 1 unspecified atom stereocenters. The molecule has 5 nitrogen and oxygen atoms in total. The number of hydrogen-bond acceptors (Lipinski definition) is 5. The summed E-state index contributed by atoms with van der Waals surface area (Å²) in [5.74, 6) is 1.69. The maximum absolute atomic E-state index is 11.2. The minimum Gasteiger partial charge on any atom is -0.489 e. The molecule has 0 amide bonds. The Morgan fingerprint density at radius 2 is 1.73 bits per heavy atom. The van der Waals surface area contributed by atoms with Crippen LogP contribution < -0.4 is 14.2 Å².